The largest absolute Gasteiger partial charge is 0.383 e. The molecule has 7 rings (SSSR count). The molecule has 10 nitrogen and oxygen atoms in total. The van der Waals surface area contributed by atoms with E-state index in [4.69, 9.17) is 5.73 Å². The van der Waals surface area contributed by atoms with E-state index in [0.29, 0.717) is 53.8 Å². The van der Waals surface area contributed by atoms with Crippen molar-refractivity contribution < 1.29 is 14.0 Å². The number of pyridine rings is 1. The predicted octanol–water partition coefficient (Wildman–Crippen LogP) is 5.01. The highest BCUT2D eigenvalue weighted by Crippen LogP contribution is 2.37. The maximum Gasteiger partial charge on any atom is 0.268 e. The van der Waals surface area contributed by atoms with E-state index >= 15 is 0 Å². The van der Waals surface area contributed by atoms with Crippen LogP contribution in [-0.2, 0) is 6.42 Å². The quantitative estimate of drug-likeness (QED) is 0.288. The summed E-state index contributed by atoms with van der Waals surface area (Å²) in [5.74, 6) is -0.816. The summed E-state index contributed by atoms with van der Waals surface area (Å²) < 4.78 is 17.2. The summed E-state index contributed by atoms with van der Waals surface area (Å²) in [6, 6.07) is 14.4. The number of nitrogens with two attached hydrogens (primary N) is 1. The zero-order chi connectivity index (χ0) is 31.2. The SMILES string of the molecule is CN1CCC(n2cc(-c3ccc(NC(=O)c4cc5c(n(-c6ccc(F)cc6)c4=O)CCCC5=O)cc3)c3c(N)ncnc32)CC1. The molecule has 1 aliphatic heterocycles. The number of nitrogens with one attached hydrogen (secondary N) is 1. The second-order valence-electron chi connectivity index (χ2n) is 11.8. The van der Waals surface area contributed by atoms with Crippen LogP contribution in [0.25, 0.3) is 27.8 Å². The highest BCUT2D eigenvalue weighted by Gasteiger charge is 2.27. The Balaban J connectivity index is 1.21. The smallest absolute Gasteiger partial charge is 0.268 e. The molecule has 1 amide bonds. The Bertz CT molecular complexity index is 2010. The maximum absolute atomic E-state index is 13.7. The number of rotatable bonds is 5. The van der Waals surface area contributed by atoms with Crippen molar-refractivity contribution in [2.24, 2.45) is 0 Å². The molecule has 228 valence electrons. The highest BCUT2D eigenvalue weighted by molar-refractivity contribution is 6.07. The molecule has 0 bridgehead atoms. The molecule has 11 heteroatoms. The minimum atomic E-state index is -0.638. The van der Waals surface area contributed by atoms with Crippen molar-refractivity contribution in [3.8, 4) is 16.8 Å². The zero-order valence-electron chi connectivity index (χ0n) is 24.8. The summed E-state index contributed by atoms with van der Waals surface area (Å²) in [4.78, 5) is 51.2. The van der Waals surface area contributed by atoms with Crippen molar-refractivity contribution in [1.82, 2.24) is 24.0 Å². The third-order valence-corrected chi connectivity index (χ3v) is 8.92. The van der Waals surface area contributed by atoms with Crippen LogP contribution in [0.5, 0.6) is 0 Å². The van der Waals surface area contributed by atoms with E-state index in [1.165, 1.54) is 41.2 Å². The first-order valence-electron chi connectivity index (χ1n) is 15.1. The summed E-state index contributed by atoms with van der Waals surface area (Å²) in [7, 11) is 2.13. The Labute approximate surface area is 258 Å². The van der Waals surface area contributed by atoms with Gasteiger partial charge in [-0.05, 0) is 93.8 Å². The van der Waals surface area contributed by atoms with Crippen LogP contribution in [0.15, 0.2) is 71.9 Å². The molecule has 0 spiro atoms. The number of fused-ring (bicyclic) bond motifs is 2. The van der Waals surface area contributed by atoms with Crippen LogP contribution in [0, 0.1) is 5.82 Å². The van der Waals surface area contributed by atoms with E-state index in [-0.39, 0.29) is 11.3 Å². The van der Waals surface area contributed by atoms with Gasteiger partial charge in [-0.2, -0.15) is 0 Å². The number of anilines is 2. The third kappa shape index (κ3) is 5.18. The van der Waals surface area contributed by atoms with E-state index in [2.05, 4.69) is 38.0 Å². The van der Waals surface area contributed by atoms with E-state index < -0.39 is 17.3 Å². The van der Waals surface area contributed by atoms with E-state index in [9.17, 15) is 18.8 Å². The number of carbonyl (C=O) groups excluding carboxylic acids is 2. The van der Waals surface area contributed by atoms with Crippen molar-refractivity contribution in [1.29, 1.82) is 0 Å². The highest BCUT2D eigenvalue weighted by atomic mass is 19.1. The van der Waals surface area contributed by atoms with Crippen LogP contribution in [0.4, 0.5) is 15.9 Å². The van der Waals surface area contributed by atoms with E-state index in [1.807, 2.05) is 12.1 Å². The summed E-state index contributed by atoms with van der Waals surface area (Å²) in [6.07, 6.45) is 7.02. The van der Waals surface area contributed by atoms with Gasteiger partial charge in [0.2, 0.25) is 0 Å². The number of likely N-dealkylation sites (tertiary alicyclic amines) is 1. The van der Waals surface area contributed by atoms with Crippen molar-refractivity contribution in [2.75, 3.05) is 31.2 Å². The minimum Gasteiger partial charge on any atom is -0.383 e. The number of hydrogen-bond acceptors (Lipinski definition) is 7. The Kier molecular flexibility index (Phi) is 7.25. The molecule has 0 radical (unpaired) electrons. The van der Waals surface area contributed by atoms with Gasteiger partial charge >= 0.3 is 0 Å². The van der Waals surface area contributed by atoms with Crippen LogP contribution in [0.3, 0.4) is 0 Å². The Hall–Kier alpha value is -5.16. The summed E-state index contributed by atoms with van der Waals surface area (Å²) in [5.41, 5.74) is 9.94. The summed E-state index contributed by atoms with van der Waals surface area (Å²) >= 11 is 0. The van der Waals surface area contributed by atoms with E-state index in [1.54, 1.807) is 12.1 Å². The first-order chi connectivity index (χ1) is 21.8. The van der Waals surface area contributed by atoms with Gasteiger partial charge in [0.15, 0.2) is 5.78 Å². The molecule has 0 unspecified atom stereocenters. The summed E-state index contributed by atoms with van der Waals surface area (Å²) in [5, 5.41) is 3.60. The molecule has 1 aliphatic carbocycles. The monoisotopic (exact) mass is 605 g/mol. The molecular formula is C34H32FN7O3. The molecule has 5 aromatic rings. The lowest BCUT2D eigenvalue weighted by molar-refractivity contribution is 0.0971. The zero-order valence-corrected chi connectivity index (χ0v) is 24.8. The third-order valence-electron chi connectivity index (χ3n) is 8.92. The molecule has 2 aliphatic rings. The lowest BCUT2D eigenvalue weighted by Gasteiger charge is -2.30. The number of amides is 1. The predicted molar refractivity (Wildman–Crippen MR) is 170 cm³/mol. The van der Waals surface area contributed by atoms with Gasteiger partial charge in [0.05, 0.1) is 5.39 Å². The topological polar surface area (TPSA) is 128 Å². The first-order valence-corrected chi connectivity index (χ1v) is 15.1. The Morgan fingerprint density at radius 1 is 0.978 bits per heavy atom. The number of halogens is 1. The number of aromatic nitrogens is 4. The average Bonchev–Trinajstić information content (AvgIpc) is 3.43. The first kappa shape index (κ1) is 28.6. The number of Topliss-reactive ketones (excluding diaryl/α,β-unsaturated/α-hetero) is 1. The van der Waals surface area contributed by atoms with Gasteiger partial charge in [0.25, 0.3) is 11.5 Å². The van der Waals surface area contributed by atoms with Gasteiger partial charge in [-0.15, -0.1) is 0 Å². The van der Waals surface area contributed by atoms with Crippen LogP contribution in [-0.4, -0.2) is 55.8 Å². The number of carbonyl (C=O) groups is 2. The molecular weight excluding hydrogens is 573 g/mol. The number of benzene rings is 2. The molecule has 45 heavy (non-hydrogen) atoms. The molecule has 2 aromatic carbocycles. The van der Waals surface area contributed by atoms with Crippen LogP contribution < -0.4 is 16.6 Å². The fourth-order valence-corrected chi connectivity index (χ4v) is 6.53. The summed E-state index contributed by atoms with van der Waals surface area (Å²) in [6.45, 7) is 2.00. The van der Waals surface area contributed by atoms with Crippen molar-refractivity contribution in [3.63, 3.8) is 0 Å². The second-order valence-corrected chi connectivity index (χ2v) is 11.8. The average molecular weight is 606 g/mol. The van der Waals surface area contributed by atoms with Crippen LogP contribution >= 0.6 is 0 Å². The van der Waals surface area contributed by atoms with Crippen molar-refractivity contribution in [2.45, 2.75) is 38.1 Å². The molecule has 1 saturated heterocycles. The molecule has 4 heterocycles. The van der Waals surface area contributed by atoms with Crippen molar-refractivity contribution in [3.05, 3.63) is 100 Å². The number of piperidine rings is 1. The maximum atomic E-state index is 13.7. The minimum absolute atomic E-state index is 0.131. The molecule has 1 fully saturated rings. The fraction of sp³-hybridized carbons (Fsp3) is 0.265. The normalized spacial score (nSPS) is 15.7. The van der Waals surface area contributed by atoms with Crippen LogP contribution in [0.2, 0.25) is 0 Å². The van der Waals surface area contributed by atoms with Gasteiger partial charge < -0.3 is 20.5 Å². The lowest BCUT2D eigenvalue weighted by Crippen LogP contribution is -2.33. The number of ketones is 1. The molecule has 3 aromatic heterocycles. The van der Waals surface area contributed by atoms with Gasteiger partial charge in [-0.25, -0.2) is 14.4 Å². The number of hydrogen-bond donors (Lipinski definition) is 2. The second kappa shape index (κ2) is 11.4. The van der Waals surface area contributed by atoms with Gasteiger partial charge in [-0.3, -0.25) is 19.0 Å². The van der Waals surface area contributed by atoms with Gasteiger partial charge in [0, 0.05) is 46.9 Å². The fourth-order valence-electron chi connectivity index (χ4n) is 6.53. The number of nitrogens with zero attached hydrogens (tertiary/aromatic N) is 5. The molecule has 0 saturated carbocycles. The van der Waals surface area contributed by atoms with Gasteiger partial charge in [-0.1, -0.05) is 12.1 Å². The molecule has 0 atom stereocenters. The van der Waals surface area contributed by atoms with Gasteiger partial charge in [0.1, 0.15) is 29.2 Å². The molecule has 3 N–H and O–H groups in total. The Morgan fingerprint density at radius 3 is 2.44 bits per heavy atom. The van der Waals surface area contributed by atoms with E-state index in [0.717, 1.165) is 48.1 Å². The number of nitrogen functional groups attached to an aromatic ring is 1. The Morgan fingerprint density at radius 2 is 1.71 bits per heavy atom. The standard InChI is InChI=1S/C34H32FN7O3/c1-40-15-13-23(14-16-40)41-18-27(30-31(36)37-19-38-32(30)41)20-5-9-22(10-6-20)39-33(44)26-17-25-28(3-2-4-29(25)43)42(34(26)45)24-11-7-21(35)8-12-24/h5-12,17-19,23H,2-4,13-16H2,1H3,(H,39,44)(H2,36,37,38). The van der Waals surface area contributed by atoms with Crippen molar-refractivity contribution >= 4 is 34.2 Å². The van der Waals surface area contributed by atoms with Crippen LogP contribution in [0.1, 0.15) is 58.1 Å². The lowest BCUT2D eigenvalue weighted by atomic mass is 9.92.